The lowest BCUT2D eigenvalue weighted by atomic mass is 10.1. The second-order valence-electron chi connectivity index (χ2n) is 6.52. The zero-order valence-electron chi connectivity index (χ0n) is 16.7. The maximum absolute atomic E-state index is 12.7. The van der Waals surface area contributed by atoms with Gasteiger partial charge in [-0.3, -0.25) is 9.59 Å². The zero-order valence-corrected chi connectivity index (χ0v) is 18.3. The second-order valence-corrected chi connectivity index (χ2v) is 9.02. The fourth-order valence-electron chi connectivity index (χ4n) is 2.69. The van der Waals surface area contributed by atoms with Crippen LogP contribution in [0.1, 0.15) is 47.7 Å². The smallest absolute Gasteiger partial charge is 0.277 e. The highest BCUT2D eigenvalue weighted by Gasteiger charge is 2.21. The lowest BCUT2D eigenvalue weighted by molar-refractivity contribution is -0.116. The molecule has 29 heavy (non-hydrogen) atoms. The van der Waals surface area contributed by atoms with Gasteiger partial charge in [-0.25, -0.2) is 4.98 Å². The Balaban J connectivity index is 1.63. The molecular weight excluding hydrogens is 408 g/mol. The summed E-state index contributed by atoms with van der Waals surface area (Å²) < 4.78 is 5.72. The van der Waals surface area contributed by atoms with Crippen molar-refractivity contribution in [2.24, 2.45) is 0 Å². The Hall–Kier alpha value is -2.52. The third-order valence-electron chi connectivity index (χ3n) is 4.08. The van der Waals surface area contributed by atoms with E-state index < -0.39 is 5.25 Å². The molecular formula is C20H22N4O3S2. The van der Waals surface area contributed by atoms with Crippen LogP contribution in [0.25, 0.3) is 10.8 Å². The largest absolute Gasteiger partial charge is 0.410 e. The lowest BCUT2D eigenvalue weighted by Crippen LogP contribution is -2.14. The van der Waals surface area contributed by atoms with Crippen LogP contribution >= 0.6 is 23.1 Å². The number of thioether (sulfide) groups is 1. The SMILES string of the molecule is CCCC(=O)Nc1ccc(C(=O)C(C)Sc2nnc(-c3sc(C)nc3C)o2)cc1. The average molecular weight is 431 g/mol. The standard InChI is InChI=1S/C20H22N4O3S2/c1-5-6-16(25)22-15-9-7-14(8-10-15)17(26)12(3)28-20-24-23-19(27-20)18-11(2)21-13(4)29-18/h7-10,12H,5-6H2,1-4H3,(H,22,25). The van der Waals surface area contributed by atoms with Crippen molar-refractivity contribution in [2.45, 2.75) is 51.0 Å². The number of benzene rings is 1. The van der Waals surface area contributed by atoms with Gasteiger partial charge in [-0.2, -0.15) is 0 Å². The topological polar surface area (TPSA) is 98.0 Å². The summed E-state index contributed by atoms with van der Waals surface area (Å²) in [4.78, 5) is 29.6. The van der Waals surface area contributed by atoms with Crippen LogP contribution in [0.3, 0.4) is 0 Å². The van der Waals surface area contributed by atoms with Crippen LogP contribution in [0.2, 0.25) is 0 Å². The first kappa shape index (κ1) is 21.2. The molecule has 0 radical (unpaired) electrons. The molecule has 1 amide bonds. The number of aromatic nitrogens is 3. The number of hydrogen-bond acceptors (Lipinski definition) is 8. The van der Waals surface area contributed by atoms with Crippen LogP contribution in [0, 0.1) is 13.8 Å². The summed E-state index contributed by atoms with van der Waals surface area (Å²) in [6, 6.07) is 6.89. The summed E-state index contributed by atoms with van der Waals surface area (Å²) in [5.41, 5.74) is 2.09. The number of anilines is 1. The molecule has 0 bridgehead atoms. The highest BCUT2D eigenvalue weighted by Crippen LogP contribution is 2.32. The third-order valence-corrected chi connectivity index (χ3v) is 6.08. The summed E-state index contributed by atoms with van der Waals surface area (Å²) >= 11 is 2.72. The number of amides is 1. The Morgan fingerprint density at radius 1 is 1.21 bits per heavy atom. The van der Waals surface area contributed by atoms with Gasteiger partial charge in [0.2, 0.25) is 5.91 Å². The van der Waals surface area contributed by atoms with Crippen LogP contribution in [0.5, 0.6) is 0 Å². The predicted octanol–water partition coefficient (Wildman–Crippen LogP) is 4.91. The molecule has 152 valence electrons. The Bertz CT molecular complexity index is 1010. The molecule has 0 spiro atoms. The van der Waals surface area contributed by atoms with Gasteiger partial charge in [0.25, 0.3) is 11.1 Å². The number of hydrogen-bond donors (Lipinski definition) is 1. The van der Waals surface area contributed by atoms with E-state index in [-0.39, 0.29) is 11.7 Å². The highest BCUT2D eigenvalue weighted by atomic mass is 32.2. The molecule has 1 unspecified atom stereocenters. The molecule has 3 aromatic rings. The quantitative estimate of drug-likeness (QED) is 0.400. The van der Waals surface area contributed by atoms with Gasteiger partial charge in [0.1, 0.15) is 4.88 Å². The van der Waals surface area contributed by atoms with Gasteiger partial charge in [0.15, 0.2) is 5.78 Å². The van der Waals surface area contributed by atoms with Gasteiger partial charge in [0.05, 0.1) is 16.0 Å². The van der Waals surface area contributed by atoms with Gasteiger partial charge in [-0.05, 0) is 51.5 Å². The van der Waals surface area contributed by atoms with E-state index >= 15 is 0 Å². The molecule has 2 aromatic heterocycles. The first-order chi connectivity index (χ1) is 13.9. The number of thiazole rings is 1. The van der Waals surface area contributed by atoms with E-state index in [1.807, 2.05) is 20.8 Å². The van der Waals surface area contributed by atoms with Crippen molar-refractivity contribution in [3.05, 3.63) is 40.5 Å². The number of nitrogens with zero attached hydrogens (tertiary/aromatic N) is 3. The van der Waals surface area contributed by atoms with E-state index in [4.69, 9.17) is 4.42 Å². The van der Waals surface area contributed by atoms with E-state index in [9.17, 15) is 9.59 Å². The van der Waals surface area contributed by atoms with E-state index in [0.29, 0.717) is 28.8 Å². The van der Waals surface area contributed by atoms with Crippen molar-refractivity contribution in [3.63, 3.8) is 0 Å². The summed E-state index contributed by atoms with van der Waals surface area (Å²) in [5, 5.41) is 11.8. The van der Waals surface area contributed by atoms with Crippen LogP contribution in [-0.2, 0) is 4.79 Å². The number of nitrogens with one attached hydrogen (secondary N) is 1. The number of ketones is 1. The Morgan fingerprint density at radius 2 is 1.93 bits per heavy atom. The molecule has 0 aliphatic rings. The van der Waals surface area contributed by atoms with Gasteiger partial charge in [0, 0.05) is 17.7 Å². The average Bonchev–Trinajstić information content (AvgIpc) is 3.27. The Morgan fingerprint density at radius 3 is 2.55 bits per heavy atom. The van der Waals surface area contributed by atoms with Crippen LogP contribution in [0.4, 0.5) is 5.69 Å². The molecule has 0 fully saturated rings. The van der Waals surface area contributed by atoms with Gasteiger partial charge in [-0.15, -0.1) is 21.5 Å². The number of aryl methyl sites for hydroxylation is 2. The lowest BCUT2D eigenvalue weighted by Gasteiger charge is -2.09. The van der Waals surface area contributed by atoms with Crippen LogP contribution in [0.15, 0.2) is 33.9 Å². The minimum absolute atomic E-state index is 0.0333. The fourth-order valence-corrected chi connectivity index (χ4v) is 4.29. The summed E-state index contributed by atoms with van der Waals surface area (Å²) in [6.07, 6.45) is 1.26. The van der Waals surface area contributed by atoms with Crippen molar-refractivity contribution in [1.82, 2.24) is 15.2 Å². The highest BCUT2D eigenvalue weighted by molar-refractivity contribution is 8.00. The summed E-state index contributed by atoms with van der Waals surface area (Å²) in [6.45, 7) is 7.58. The predicted molar refractivity (Wildman–Crippen MR) is 115 cm³/mol. The van der Waals surface area contributed by atoms with Crippen LogP contribution < -0.4 is 5.32 Å². The summed E-state index contributed by atoms with van der Waals surface area (Å²) in [5.74, 6) is 0.336. The third kappa shape index (κ3) is 5.30. The minimum Gasteiger partial charge on any atom is -0.410 e. The van der Waals surface area contributed by atoms with E-state index in [2.05, 4.69) is 20.5 Å². The molecule has 0 saturated carbocycles. The molecule has 3 rings (SSSR count). The number of Topliss-reactive ketones (excluding diaryl/α,β-unsaturated/α-hetero) is 1. The van der Waals surface area contributed by atoms with E-state index in [0.717, 1.165) is 22.0 Å². The molecule has 0 aliphatic heterocycles. The van der Waals surface area contributed by atoms with Gasteiger partial charge < -0.3 is 9.73 Å². The van der Waals surface area contributed by atoms with E-state index in [1.165, 1.54) is 23.1 Å². The number of rotatable bonds is 8. The van der Waals surface area contributed by atoms with Crippen molar-refractivity contribution in [2.75, 3.05) is 5.32 Å². The number of carbonyl (C=O) groups is 2. The summed E-state index contributed by atoms with van der Waals surface area (Å²) in [7, 11) is 0. The fraction of sp³-hybridized carbons (Fsp3) is 0.350. The molecule has 2 heterocycles. The first-order valence-electron chi connectivity index (χ1n) is 9.26. The van der Waals surface area contributed by atoms with Crippen molar-refractivity contribution >= 4 is 40.5 Å². The van der Waals surface area contributed by atoms with E-state index in [1.54, 1.807) is 31.2 Å². The first-order valence-corrected chi connectivity index (χ1v) is 11.0. The molecule has 9 heteroatoms. The molecule has 1 aromatic carbocycles. The maximum atomic E-state index is 12.7. The zero-order chi connectivity index (χ0) is 21.0. The molecule has 1 atom stereocenters. The minimum atomic E-state index is -0.395. The Labute approximate surface area is 177 Å². The van der Waals surface area contributed by atoms with Crippen molar-refractivity contribution in [3.8, 4) is 10.8 Å². The number of carbonyl (C=O) groups excluding carboxylic acids is 2. The Kier molecular flexibility index (Phi) is 6.81. The second kappa shape index (κ2) is 9.32. The maximum Gasteiger partial charge on any atom is 0.277 e. The van der Waals surface area contributed by atoms with Crippen LogP contribution in [-0.4, -0.2) is 32.1 Å². The molecule has 0 aliphatic carbocycles. The normalized spacial score (nSPS) is 12.0. The van der Waals surface area contributed by atoms with Crippen molar-refractivity contribution in [1.29, 1.82) is 0 Å². The molecule has 7 nitrogen and oxygen atoms in total. The van der Waals surface area contributed by atoms with Crippen molar-refractivity contribution < 1.29 is 14.0 Å². The van der Waals surface area contributed by atoms with Gasteiger partial charge >= 0.3 is 0 Å². The molecule has 1 N–H and O–H groups in total. The monoisotopic (exact) mass is 430 g/mol. The van der Waals surface area contributed by atoms with Gasteiger partial charge in [-0.1, -0.05) is 18.7 Å². The molecule has 0 saturated heterocycles.